The van der Waals surface area contributed by atoms with Gasteiger partial charge in [0.25, 0.3) is 5.91 Å². The van der Waals surface area contributed by atoms with Gasteiger partial charge in [-0.3, -0.25) is 15.6 Å². The van der Waals surface area contributed by atoms with Crippen LogP contribution in [-0.2, 0) is 19.0 Å². The number of aromatic nitrogens is 2. The Bertz CT molecular complexity index is 1040. The van der Waals surface area contributed by atoms with Crippen molar-refractivity contribution in [3.63, 3.8) is 0 Å². The molecule has 1 amide bonds. The summed E-state index contributed by atoms with van der Waals surface area (Å²) >= 11 is 0. The van der Waals surface area contributed by atoms with E-state index in [4.69, 9.17) is 19.9 Å². The Labute approximate surface area is 204 Å². The summed E-state index contributed by atoms with van der Waals surface area (Å²) in [5.41, 5.74) is 10.8. The molecule has 2 fully saturated rings. The first-order valence-electron chi connectivity index (χ1n) is 11.2. The molecular weight excluding hydrogens is 482 g/mol. The van der Waals surface area contributed by atoms with Crippen molar-refractivity contribution in [2.45, 2.75) is 55.2 Å². The van der Waals surface area contributed by atoms with Crippen LogP contribution in [0.1, 0.15) is 0 Å². The quantitative estimate of drug-likeness (QED) is 0.161. The van der Waals surface area contributed by atoms with Crippen LogP contribution >= 0.6 is 0 Å². The Balaban J connectivity index is 1.41. The minimum absolute atomic E-state index is 0.222. The molecule has 0 bridgehead atoms. The van der Waals surface area contributed by atoms with E-state index >= 15 is 0 Å². The third-order valence-corrected chi connectivity index (χ3v) is 6.29. The summed E-state index contributed by atoms with van der Waals surface area (Å²) in [6.07, 6.45) is -11.1. The van der Waals surface area contributed by atoms with Crippen LogP contribution in [-0.4, -0.2) is 115 Å². The first-order valence-corrected chi connectivity index (χ1v) is 11.2. The zero-order chi connectivity index (χ0) is 26.0. The summed E-state index contributed by atoms with van der Waals surface area (Å²) in [4.78, 5) is 12.8. The average Bonchev–Trinajstić information content (AvgIpc) is 2.89. The predicted octanol–water partition coefficient (Wildman–Crippen LogP) is -4.09. The number of rotatable bonds is 7. The Morgan fingerprint density at radius 3 is 2.56 bits per heavy atom. The Morgan fingerprint density at radius 2 is 1.81 bits per heavy atom. The second-order valence-electron chi connectivity index (χ2n) is 8.60. The Morgan fingerprint density at radius 1 is 1.06 bits per heavy atom. The lowest BCUT2D eigenvalue weighted by Crippen LogP contribution is -2.63. The number of hydrogen-bond acceptors (Lipinski definition) is 14. The van der Waals surface area contributed by atoms with Crippen LogP contribution in [0, 0.1) is 5.92 Å². The highest BCUT2D eigenvalue weighted by molar-refractivity contribution is 5.92. The summed E-state index contributed by atoms with van der Waals surface area (Å²) in [7, 11) is 0. The number of nitrogens with zero attached hydrogens (tertiary/aromatic N) is 2. The van der Waals surface area contributed by atoms with Gasteiger partial charge in [0.1, 0.15) is 24.4 Å². The Hall–Kier alpha value is -2.57. The van der Waals surface area contributed by atoms with Crippen molar-refractivity contribution < 1.29 is 49.6 Å². The highest BCUT2D eigenvalue weighted by Crippen LogP contribution is 2.27. The fourth-order valence-corrected chi connectivity index (χ4v) is 4.15. The molecule has 10 atom stereocenters. The molecule has 2 aromatic rings. The summed E-state index contributed by atoms with van der Waals surface area (Å²) in [6.45, 7) is -0.993. The van der Waals surface area contributed by atoms with Gasteiger partial charge < -0.3 is 50.6 Å². The predicted molar refractivity (Wildman–Crippen MR) is 119 cm³/mol. The number of nitrogens with two attached hydrogens (primary N) is 1. The highest BCUT2D eigenvalue weighted by Gasteiger charge is 2.49. The second-order valence-corrected chi connectivity index (χ2v) is 8.60. The van der Waals surface area contributed by atoms with Crippen molar-refractivity contribution in [2.24, 2.45) is 11.7 Å². The van der Waals surface area contributed by atoms with Crippen molar-refractivity contribution in [2.75, 3.05) is 18.6 Å². The van der Waals surface area contributed by atoms with Gasteiger partial charge in [0.2, 0.25) is 0 Å². The first kappa shape index (κ1) is 26.5. The fraction of sp³-hybridized carbons (Fsp3) is 0.571. The van der Waals surface area contributed by atoms with E-state index in [-0.39, 0.29) is 5.82 Å². The van der Waals surface area contributed by atoms with Crippen LogP contribution in [0.3, 0.4) is 0 Å². The molecule has 2 saturated heterocycles. The summed E-state index contributed by atoms with van der Waals surface area (Å²) in [6, 6.07) is 6.02. The summed E-state index contributed by atoms with van der Waals surface area (Å²) in [5.74, 6) is -1.64. The number of carbonyl (C=O) groups excluding carboxylic acids is 1. The molecule has 1 aromatic carbocycles. The second kappa shape index (κ2) is 11.2. The van der Waals surface area contributed by atoms with E-state index < -0.39 is 80.3 Å². The van der Waals surface area contributed by atoms with Crippen LogP contribution in [0.25, 0.3) is 10.8 Å². The third-order valence-electron chi connectivity index (χ3n) is 6.29. The van der Waals surface area contributed by atoms with E-state index in [9.17, 15) is 35.4 Å². The molecule has 10 N–H and O–H groups in total. The molecule has 0 spiro atoms. The molecule has 36 heavy (non-hydrogen) atoms. The smallest absolute Gasteiger partial charge is 0.270 e. The molecule has 15 heteroatoms. The van der Waals surface area contributed by atoms with Gasteiger partial charge in [0, 0.05) is 16.7 Å². The Kier molecular flexibility index (Phi) is 8.26. The number of nitrogens with one attached hydrogen (secondary N) is 2. The third kappa shape index (κ3) is 5.25. The van der Waals surface area contributed by atoms with Gasteiger partial charge in [-0.1, -0.05) is 24.3 Å². The van der Waals surface area contributed by atoms with Gasteiger partial charge in [0.15, 0.2) is 24.5 Å². The minimum Gasteiger partial charge on any atom is -0.394 e. The van der Waals surface area contributed by atoms with E-state index in [0.29, 0.717) is 5.39 Å². The largest absolute Gasteiger partial charge is 0.394 e. The molecule has 15 nitrogen and oxygen atoms in total. The number of carbonyl (C=O) groups is 1. The zero-order valence-electron chi connectivity index (χ0n) is 18.9. The van der Waals surface area contributed by atoms with E-state index in [1.54, 1.807) is 24.4 Å². The van der Waals surface area contributed by atoms with Gasteiger partial charge in [-0.25, -0.2) is 0 Å². The van der Waals surface area contributed by atoms with Crippen LogP contribution in [0.15, 0.2) is 30.5 Å². The van der Waals surface area contributed by atoms with Crippen molar-refractivity contribution in [3.8, 4) is 0 Å². The number of anilines is 1. The van der Waals surface area contributed by atoms with Gasteiger partial charge >= 0.3 is 0 Å². The molecule has 3 heterocycles. The van der Waals surface area contributed by atoms with Gasteiger partial charge in [-0.2, -0.15) is 5.10 Å². The number of hydrazine groups is 1. The zero-order valence-corrected chi connectivity index (χ0v) is 18.9. The van der Waals surface area contributed by atoms with Crippen molar-refractivity contribution in [1.29, 1.82) is 0 Å². The molecule has 1 aromatic heterocycles. The topological polar surface area (TPSA) is 242 Å². The lowest BCUT2D eigenvalue weighted by molar-refractivity contribution is -0.302. The SMILES string of the molecule is NC1[C@H](O)OC(CO)[C@H](O)[C@@H]1CO[C@@H]1OC(C(=O)NNc2nncc3ccccc23)[C@H](O)[C@H](O)C1O. The summed E-state index contributed by atoms with van der Waals surface area (Å²) < 4.78 is 15.9. The van der Waals surface area contributed by atoms with Crippen LogP contribution in [0.4, 0.5) is 5.82 Å². The van der Waals surface area contributed by atoms with Crippen molar-refractivity contribution in [3.05, 3.63) is 30.5 Å². The molecule has 4 rings (SSSR count). The van der Waals surface area contributed by atoms with Gasteiger partial charge in [-0.15, -0.1) is 5.10 Å². The number of amides is 1. The summed E-state index contributed by atoms with van der Waals surface area (Å²) in [5, 5.41) is 69.7. The number of aliphatic hydroxyl groups is 6. The van der Waals surface area contributed by atoms with Crippen molar-refractivity contribution >= 4 is 22.5 Å². The molecule has 0 aliphatic carbocycles. The monoisotopic (exact) mass is 511 g/mol. The first-order chi connectivity index (χ1) is 17.2. The van der Waals surface area contributed by atoms with E-state index in [0.717, 1.165) is 5.39 Å². The van der Waals surface area contributed by atoms with E-state index in [1.807, 2.05) is 6.07 Å². The fourth-order valence-electron chi connectivity index (χ4n) is 4.15. The molecule has 0 saturated carbocycles. The normalized spacial score (nSPS) is 37.0. The number of benzene rings is 1. The number of hydrogen-bond donors (Lipinski definition) is 9. The molecular formula is C21H29N5O10. The molecule has 0 radical (unpaired) electrons. The average molecular weight is 511 g/mol. The lowest BCUT2D eigenvalue weighted by atomic mass is 9.88. The van der Waals surface area contributed by atoms with E-state index in [1.165, 1.54) is 0 Å². The number of ether oxygens (including phenoxy) is 3. The lowest BCUT2D eigenvalue weighted by Gasteiger charge is -2.43. The van der Waals surface area contributed by atoms with E-state index in [2.05, 4.69) is 21.0 Å². The molecule has 2 aliphatic heterocycles. The minimum atomic E-state index is -1.82. The van der Waals surface area contributed by atoms with Crippen LogP contribution < -0.4 is 16.6 Å². The molecule has 2 aliphatic rings. The van der Waals surface area contributed by atoms with Crippen LogP contribution in [0.2, 0.25) is 0 Å². The maximum Gasteiger partial charge on any atom is 0.270 e. The van der Waals surface area contributed by atoms with Gasteiger partial charge in [-0.05, 0) is 0 Å². The number of fused-ring (bicyclic) bond motifs is 1. The number of aliphatic hydroxyl groups excluding tert-OH is 6. The van der Waals surface area contributed by atoms with Gasteiger partial charge in [0.05, 0.1) is 31.6 Å². The van der Waals surface area contributed by atoms with Crippen LogP contribution in [0.5, 0.6) is 0 Å². The standard InChI is InChI=1S/C21H29N5O10/c22-12-10(13(28)11(6-27)35-20(12)33)7-34-21-16(31)14(29)15(30)17(36-21)19(32)26-25-18-9-4-2-1-3-8(9)5-23-24-18/h1-5,10-17,20-21,27-31,33H,6-7,22H2,(H,24,25)(H,26,32)/t10-,11?,12?,13-,14+,15-,16?,17?,20-,21-/m1/s1. The highest BCUT2D eigenvalue weighted by atomic mass is 16.7. The maximum absolute atomic E-state index is 12.8. The maximum atomic E-state index is 12.8. The van der Waals surface area contributed by atoms with Crippen molar-refractivity contribution in [1.82, 2.24) is 15.6 Å². The molecule has 198 valence electrons. The molecule has 4 unspecified atom stereocenters.